The first-order valence-electron chi connectivity index (χ1n) is 9.40. The van der Waals surface area contributed by atoms with Gasteiger partial charge in [-0.1, -0.05) is 18.5 Å². The Morgan fingerprint density at radius 3 is 2.76 bits per heavy atom. The van der Waals surface area contributed by atoms with Crippen molar-refractivity contribution in [3.05, 3.63) is 39.9 Å². The van der Waals surface area contributed by atoms with Gasteiger partial charge in [-0.25, -0.2) is 9.78 Å². The molecule has 2 N–H and O–H groups in total. The second-order valence-electron chi connectivity index (χ2n) is 7.71. The van der Waals surface area contributed by atoms with Crippen molar-refractivity contribution in [2.24, 2.45) is 5.92 Å². The number of hydrogen-bond donors (Lipinski definition) is 2. The Labute approximate surface area is 171 Å². The number of urea groups is 1. The van der Waals surface area contributed by atoms with Crippen LogP contribution < -0.4 is 16.3 Å². The number of aromatic nitrogens is 2. The van der Waals surface area contributed by atoms with Crippen molar-refractivity contribution in [3.63, 3.8) is 0 Å². The summed E-state index contributed by atoms with van der Waals surface area (Å²) in [5.74, 6) is -0.645. The van der Waals surface area contributed by atoms with Gasteiger partial charge in [0.2, 0.25) is 0 Å². The third-order valence-corrected chi connectivity index (χ3v) is 5.86. The van der Waals surface area contributed by atoms with E-state index in [1.54, 1.807) is 12.1 Å². The van der Waals surface area contributed by atoms with E-state index in [9.17, 15) is 19.2 Å². The molecule has 0 bridgehead atoms. The van der Waals surface area contributed by atoms with Gasteiger partial charge in [-0.05, 0) is 49.8 Å². The van der Waals surface area contributed by atoms with Gasteiger partial charge in [0.05, 0.1) is 17.2 Å². The highest BCUT2D eigenvalue weighted by Crippen LogP contribution is 2.35. The Kier molecular flexibility index (Phi) is 4.77. The first-order chi connectivity index (χ1) is 13.8. The van der Waals surface area contributed by atoms with Crippen LogP contribution in [0.3, 0.4) is 0 Å². The van der Waals surface area contributed by atoms with Crippen molar-refractivity contribution in [1.82, 2.24) is 25.3 Å². The van der Waals surface area contributed by atoms with Crippen molar-refractivity contribution in [2.75, 3.05) is 0 Å². The SMILES string of the molecule is CC1CCC2(CC1)NC(=O)N(NC(=O)Cn1cnc3ccc(Cl)cc3c1=O)C2=O. The van der Waals surface area contributed by atoms with Crippen molar-refractivity contribution < 1.29 is 14.4 Å². The van der Waals surface area contributed by atoms with E-state index in [0.717, 1.165) is 17.4 Å². The van der Waals surface area contributed by atoms with E-state index in [-0.39, 0.29) is 5.39 Å². The molecule has 1 aromatic heterocycles. The maximum Gasteiger partial charge on any atom is 0.344 e. The van der Waals surface area contributed by atoms with Crippen LogP contribution in [0.15, 0.2) is 29.3 Å². The number of carbonyl (C=O) groups is 3. The molecule has 0 atom stereocenters. The summed E-state index contributed by atoms with van der Waals surface area (Å²) >= 11 is 5.93. The van der Waals surface area contributed by atoms with E-state index < -0.39 is 35.5 Å². The number of benzene rings is 1. The second-order valence-corrected chi connectivity index (χ2v) is 8.15. The van der Waals surface area contributed by atoms with E-state index in [4.69, 9.17) is 11.6 Å². The smallest absolute Gasteiger partial charge is 0.322 e. The van der Waals surface area contributed by atoms with Crippen LogP contribution in [0.5, 0.6) is 0 Å². The number of imide groups is 1. The molecule has 1 spiro atoms. The Balaban J connectivity index is 1.50. The zero-order chi connectivity index (χ0) is 20.8. The number of amides is 4. The van der Waals surface area contributed by atoms with Gasteiger partial charge < -0.3 is 5.32 Å². The van der Waals surface area contributed by atoms with Crippen LogP contribution in [0.1, 0.15) is 32.6 Å². The fraction of sp³-hybridized carbons (Fsp3) is 0.421. The van der Waals surface area contributed by atoms with Crippen LogP contribution >= 0.6 is 11.6 Å². The zero-order valence-electron chi connectivity index (χ0n) is 15.8. The molecule has 1 saturated carbocycles. The van der Waals surface area contributed by atoms with Crippen LogP contribution in [0.25, 0.3) is 10.9 Å². The van der Waals surface area contributed by atoms with Gasteiger partial charge in [0.15, 0.2) is 0 Å². The number of fused-ring (bicyclic) bond motifs is 1. The summed E-state index contributed by atoms with van der Waals surface area (Å²) in [4.78, 5) is 54.2. The summed E-state index contributed by atoms with van der Waals surface area (Å²) in [7, 11) is 0. The van der Waals surface area contributed by atoms with Crippen LogP contribution in [-0.2, 0) is 16.1 Å². The van der Waals surface area contributed by atoms with Gasteiger partial charge in [-0.3, -0.25) is 24.4 Å². The fourth-order valence-electron chi connectivity index (χ4n) is 3.87. The van der Waals surface area contributed by atoms with Crippen molar-refractivity contribution >= 4 is 40.3 Å². The number of carbonyl (C=O) groups excluding carboxylic acids is 3. The fourth-order valence-corrected chi connectivity index (χ4v) is 4.05. The van der Waals surface area contributed by atoms with Gasteiger partial charge in [0.1, 0.15) is 12.1 Å². The molecular formula is C19H20ClN5O4. The van der Waals surface area contributed by atoms with E-state index in [1.165, 1.54) is 12.4 Å². The van der Waals surface area contributed by atoms with Gasteiger partial charge in [-0.2, -0.15) is 5.01 Å². The molecule has 10 heteroatoms. The predicted molar refractivity (Wildman–Crippen MR) is 105 cm³/mol. The first-order valence-corrected chi connectivity index (χ1v) is 9.78. The Hall–Kier alpha value is -2.94. The zero-order valence-corrected chi connectivity index (χ0v) is 16.5. The minimum Gasteiger partial charge on any atom is -0.322 e. The normalized spacial score (nSPS) is 24.2. The van der Waals surface area contributed by atoms with Crippen LogP contribution in [0, 0.1) is 5.92 Å². The molecule has 9 nitrogen and oxygen atoms in total. The number of rotatable bonds is 3. The predicted octanol–water partition coefficient (Wildman–Crippen LogP) is 1.58. The lowest BCUT2D eigenvalue weighted by Crippen LogP contribution is -2.52. The topological polar surface area (TPSA) is 113 Å². The third-order valence-electron chi connectivity index (χ3n) is 5.63. The molecule has 1 saturated heterocycles. The second kappa shape index (κ2) is 7.14. The maximum atomic E-state index is 12.8. The minimum absolute atomic E-state index is 0.276. The van der Waals surface area contributed by atoms with Crippen molar-refractivity contribution in [1.29, 1.82) is 0 Å². The minimum atomic E-state index is -0.949. The molecule has 2 aromatic rings. The number of hydrazine groups is 1. The average molecular weight is 418 g/mol. The van der Waals surface area contributed by atoms with Crippen molar-refractivity contribution in [3.8, 4) is 0 Å². The quantitative estimate of drug-likeness (QED) is 0.736. The lowest BCUT2D eigenvalue weighted by Gasteiger charge is -2.33. The van der Waals surface area contributed by atoms with Crippen molar-refractivity contribution in [2.45, 2.75) is 44.7 Å². The van der Waals surface area contributed by atoms with E-state index in [1.807, 2.05) is 0 Å². The van der Waals surface area contributed by atoms with Gasteiger partial charge in [-0.15, -0.1) is 0 Å². The molecule has 4 rings (SSSR count). The number of halogens is 1. The first kappa shape index (κ1) is 19.4. The lowest BCUT2D eigenvalue weighted by molar-refractivity contribution is -0.140. The third kappa shape index (κ3) is 3.46. The summed E-state index contributed by atoms with van der Waals surface area (Å²) < 4.78 is 1.10. The monoisotopic (exact) mass is 417 g/mol. The van der Waals surface area contributed by atoms with E-state index >= 15 is 0 Å². The number of nitrogens with one attached hydrogen (secondary N) is 2. The van der Waals surface area contributed by atoms with Gasteiger partial charge >= 0.3 is 6.03 Å². The molecule has 152 valence electrons. The highest BCUT2D eigenvalue weighted by molar-refractivity contribution is 6.31. The molecular weight excluding hydrogens is 398 g/mol. The molecule has 1 aliphatic carbocycles. The highest BCUT2D eigenvalue weighted by Gasteiger charge is 2.52. The average Bonchev–Trinajstić information content (AvgIpc) is 2.91. The molecule has 4 amide bonds. The Bertz CT molecular complexity index is 1070. The molecule has 0 radical (unpaired) electrons. The van der Waals surface area contributed by atoms with Crippen LogP contribution in [0.2, 0.25) is 5.02 Å². The summed E-state index contributed by atoms with van der Waals surface area (Å²) in [5.41, 5.74) is 1.38. The maximum absolute atomic E-state index is 12.8. The molecule has 2 aliphatic rings. The molecule has 1 aromatic carbocycles. The van der Waals surface area contributed by atoms with Gasteiger partial charge in [0.25, 0.3) is 17.4 Å². The van der Waals surface area contributed by atoms with Crippen LogP contribution in [0.4, 0.5) is 4.79 Å². The summed E-state index contributed by atoms with van der Waals surface area (Å²) in [6.45, 7) is 1.71. The Morgan fingerprint density at radius 2 is 2.03 bits per heavy atom. The van der Waals surface area contributed by atoms with Crippen LogP contribution in [-0.4, -0.2) is 37.9 Å². The molecule has 2 fully saturated rings. The highest BCUT2D eigenvalue weighted by atomic mass is 35.5. The Morgan fingerprint density at radius 1 is 1.31 bits per heavy atom. The molecule has 2 heterocycles. The molecule has 1 aliphatic heterocycles. The molecule has 0 unspecified atom stereocenters. The summed E-state index contributed by atoms with van der Waals surface area (Å²) in [6, 6.07) is 4.05. The lowest BCUT2D eigenvalue weighted by atomic mass is 9.77. The van der Waals surface area contributed by atoms with E-state index in [2.05, 4.69) is 22.7 Å². The molecule has 29 heavy (non-hydrogen) atoms. The summed E-state index contributed by atoms with van der Waals surface area (Å²) in [5, 5.41) is 4.10. The number of nitrogens with zero attached hydrogens (tertiary/aromatic N) is 3. The summed E-state index contributed by atoms with van der Waals surface area (Å²) in [6.07, 6.45) is 3.98. The van der Waals surface area contributed by atoms with E-state index in [0.29, 0.717) is 34.3 Å². The largest absolute Gasteiger partial charge is 0.344 e. The number of hydrogen-bond acceptors (Lipinski definition) is 5. The van der Waals surface area contributed by atoms with Gasteiger partial charge in [0, 0.05) is 5.02 Å². The standard InChI is InChI=1S/C19H20ClN5O4/c1-11-4-6-19(7-5-11)17(28)25(18(29)22-19)23-15(26)9-24-10-21-14-3-2-12(20)8-13(14)16(24)27/h2-3,8,10-11H,4-7,9H2,1H3,(H,22,29)(H,23,26).